The predicted molar refractivity (Wildman–Crippen MR) is 94.8 cm³/mol. The molecule has 1 spiro atoms. The summed E-state index contributed by atoms with van der Waals surface area (Å²) in [7, 11) is 1.92. The Bertz CT molecular complexity index is 747. The van der Waals surface area contributed by atoms with E-state index in [4.69, 9.17) is 4.74 Å². The fourth-order valence-corrected chi connectivity index (χ4v) is 4.34. The predicted octanol–water partition coefficient (Wildman–Crippen LogP) is 2.90. The third kappa shape index (κ3) is 2.66. The molecule has 1 aromatic carbocycles. The molecule has 1 fully saturated rings. The van der Waals surface area contributed by atoms with Crippen LogP contribution in [0, 0.1) is 0 Å². The third-order valence-corrected chi connectivity index (χ3v) is 5.46. The number of fused-ring (bicyclic) bond motifs is 2. The number of aryl methyl sites for hydroxylation is 2. The van der Waals surface area contributed by atoms with Crippen LogP contribution in [0.25, 0.3) is 0 Å². The molecule has 1 N–H and O–H groups in total. The number of piperidine rings is 1. The lowest BCUT2D eigenvalue weighted by molar-refractivity contribution is -0.0987. The van der Waals surface area contributed by atoms with Gasteiger partial charge in [0, 0.05) is 27.1 Å². The first-order valence-corrected chi connectivity index (χ1v) is 8.98. The number of hydrogen-bond acceptors (Lipinski definition) is 4. The van der Waals surface area contributed by atoms with Crippen LogP contribution in [0.2, 0.25) is 0 Å². The van der Waals surface area contributed by atoms with Crippen LogP contribution in [0.4, 0.5) is 0 Å². The van der Waals surface area contributed by atoms with Crippen LogP contribution in [0.3, 0.4) is 0 Å². The van der Waals surface area contributed by atoms with Crippen LogP contribution in [0.1, 0.15) is 56.5 Å². The quantitative estimate of drug-likeness (QED) is 0.921. The van der Waals surface area contributed by atoms with Gasteiger partial charge in [-0.05, 0) is 42.9 Å². The number of rotatable bonds is 2. The molecule has 2 aliphatic rings. The Balaban J connectivity index is 0.00000182. The zero-order chi connectivity index (χ0) is 16.7. The Labute approximate surface area is 144 Å². The highest BCUT2D eigenvalue weighted by Gasteiger charge is 2.45. The van der Waals surface area contributed by atoms with Gasteiger partial charge in [-0.2, -0.15) is 0 Å². The Hall–Kier alpha value is -1.72. The molecule has 3 atom stereocenters. The highest BCUT2D eigenvalue weighted by Crippen LogP contribution is 2.46. The Morgan fingerprint density at radius 3 is 3.04 bits per heavy atom. The number of hydrogen-bond donors (Lipinski definition) is 1. The maximum Gasteiger partial charge on any atom is 0.0997 e. The topological polar surface area (TPSA) is 52.0 Å². The number of nitrogens with one attached hydrogen (secondary N) is 1. The van der Waals surface area contributed by atoms with Crippen LogP contribution in [0.5, 0.6) is 0 Å². The van der Waals surface area contributed by atoms with Gasteiger partial charge in [0.1, 0.15) is 0 Å². The second-order valence-electron chi connectivity index (χ2n) is 7.28. The van der Waals surface area contributed by atoms with Gasteiger partial charge in [0.2, 0.25) is 0 Å². The Morgan fingerprint density at radius 1 is 1.42 bits per heavy atom. The molecule has 1 saturated heterocycles. The van der Waals surface area contributed by atoms with Gasteiger partial charge in [-0.25, -0.2) is 0 Å². The van der Waals surface area contributed by atoms with E-state index < -0.39 is 0 Å². The van der Waals surface area contributed by atoms with Crippen LogP contribution in [-0.2, 0) is 30.2 Å². The molecular weight excluding hydrogens is 300 g/mol. The maximum atomic E-state index is 6.47. The van der Waals surface area contributed by atoms with Crippen molar-refractivity contribution in [2.24, 2.45) is 7.05 Å². The smallest absolute Gasteiger partial charge is 0.0997 e. The lowest BCUT2D eigenvalue weighted by Gasteiger charge is -2.47. The van der Waals surface area contributed by atoms with E-state index in [1.807, 2.05) is 13.2 Å². The summed E-state index contributed by atoms with van der Waals surface area (Å²) in [5.41, 5.74) is 5.04. The summed E-state index contributed by atoms with van der Waals surface area (Å²) in [5, 5.41) is 12.1. The van der Waals surface area contributed by atoms with Gasteiger partial charge in [0.15, 0.2) is 0 Å². The third-order valence-electron chi connectivity index (χ3n) is 5.46. The van der Waals surface area contributed by atoms with E-state index in [0.29, 0.717) is 6.04 Å². The van der Waals surface area contributed by atoms with Crippen molar-refractivity contribution in [3.8, 4) is 0 Å². The summed E-state index contributed by atoms with van der Waals surface area (Å²) in [5.74, 6) is 0. The van der Waals surface area contributed by atoms with E-state index in [-0.39, 0.29) is 13.1 Å². The van der Waals surface area contributed by atoms with E-state index in [0.717, 1.165) is 38.0 Å². The molecule has 130 valence electrons. The SMILES string of the molecule is CCc1ccc2c(c1)[C@]1(C[C@@H](c3cn(C)nn3)N[C@@H](C)C1)OCC2.[HH]. The van der Waals surface area contributed by atoms with Gasteiger partial charge in [0.05, 0.1) is 23.9 Å². The van der Waals surface area contributed by atoms with Crippen molar-refractivity contribution in [3.63, 3.8) is 0 Å². The molecule has 0 aliphatic carbocycles. The highest BCUT2D eigenvalue weighted by molar-refractivity contribution is 5.39. The van der Waals surface area contributed by atoms with Crippen LogP contribution in [0.15, 0.2) is 24.4 Å². The average Bonchev–Trinajstić information content (AvgIpc) is 3.01. The largest absolute Gasteiger partial charge is 0.370 e. The first kappa shape index (κ1) is 15.8. The minimum atomic E-state index is -0.203. The van der Waals surface area contributed by atoms with E-state index in [1.165, 1.54) is 16.7 Å². The standard InChI is InChI=1S/C19H26N4O.H2/c1-4-14-5-6-15-7-8-24-19(16(15)9-14)10-13(2)20-17(11-19)18-12-23(3)22-21-18;/h5-6,9,12-13,17,20H,4,7-8,10-11H2,1-3H3;1H/t13-,17-,19-;/m0./s1. The second-order valence-corrected chi connectivity index (χ2v) is 7.28. The highest BCUT2D eigenvalue weighted by atomic mass is 16.5. The fraction of sp³-hybridized carbons (Fsp3) is 0.579. The summed E-state index contributed by atoms with van der Waals surface area (Å²) in [4.78, 5) is 0. The lowest BCUT2D eigenvalue weighted by atomic mass is 9.74. The van der Waals surface area contributed by atoms with Crippen molar-refractivity contribution >= 4 is 0 Å². The fourth-order valence-electron chi connectivity index (χ4n) is 4.34. The van der Waals surface area contributed by atoms with E-state index in [1.54, 1.807) is 4.68 Å². The van der Waals surface area contributed by atoms with Gasteiger partial charge in [-0.15, -0.1) is 5.10 Å². The Morgan fingerprint density at radius 2 is 2.29 bits per heavy atom. The minimum Gasteiger partial charge on any atom is -0.370 e. The summed E-state index contributed by atoms with van der Waals surface area (Å²) in [6.07, 6.45) is 6.00. The monoisotopic (exact) mass is 328 g/mol. The molecule has 0 unspecified atom stereocenters. The molecule has 3 heterocycles. The van der Waals surface area contributed by atoms with Gasteiger partial charge in [-0.3, -0.25) is 4.68 Å². The Kier molecular flexibility index (Phi) is 3.93. The molecule has 2 aliphatic heterocycles. The van der Waals surface area contributed by atoms with Crippen molar-refractivity contribution in [2.45, 2.75) is 57.2 Å². The molecule has 0 amide bonds. The van der Waals surface area contributed by atoms with Crippen molar-refractivity contribution in [2.75, 3.05) is 6.61 Å². The van der Waals surface area contributed by atoms with Gasteiger partial charge >= 0.3 is 0 Å². The van der Waals surface area contributed by atoms with Gasteiger partial charge in [-0.1, -0.05) is 30.3 Å². The van der Waals surface area contributed by atoms with E-state index in [9.17, 15) is 0 Å². The van der Waals surface area contributed by atoms with E-state index >= 15 is 0 Å². The first-order chi connectivity index (χ1) is 11.6. The van der Waals surface area contributed by atoms with E-state index in [2.05, 4.69) is 47.7 Å². The summed E-state index contributed by atoms with van der Waals surface area (Å²) >= 11 is 0. The van der Waals surface area contributed by atoms with Gasteiger partial charge < -0.3 is 10.1 Å². The summed E-state index contributed by atoms with van der Waals surface area (Å²) in [6.45, 7) is 5.26. The lowest BCUT2D eigenvalue weighted by Crippen LogP contribution is -2.50. The molecule has 5 heteroatoms. The van der Waals surface area contributed by atoms with Crippen molar-refractivity contribution < 1.29 is 6.16 Å². The molecule has 5 nitrogen and oxygen atoms in total. The summed E-state index contributed by atoms with van der Waals surface area (Å²) in [6, 6.07) is 7.51. The normalized spacial score (nSPS) is 29.6. The molecule has 4 rings (SSSR count). The van der Waals surface area contributed by atoms with Crippen molar-refractivity contribution in [1.29, 1.82) is 0 Å². The maximum absolute atomic E-state index is 6.47. The molecule has 1 aromatic heterocycles. The number of nitrogens with zero attached hydrogens (tertiary/aromatic N) is 3. The average molecular weight is 328 g/mol. The van der Waals surface area contributed by atoms with Gasteiger partial charge in [0.25, 0.3) is 0 Å². The molecule has 0 radical (unpaired) electrons. The second kappa shape index (κ2) is 5.97. The zero-order valence-corrected chi connectivity index (χ0v) is 14.7. The van der Waals surface area contributed by atoms with Crippen molar-refractivity contribution in [1.82, 2.24) is 20.3 Å². The molecule has 0 bridgehead atoms. The molecule has 24 heavy (non-hydrogen) atoms. The molecule has 0 saturated carbocycles. The van der Waals surface area contributed by atoms with Crippen LogP contribution in [-0.4, -0.2) is 27.6 Å². The summed E-state index contributed by atoms with van der Waals surface area (Å²) < 4.78 is 8.24. The number of aromatic nitrogens is 3. The van der Waals surface area contributed by atoms with Crippen molar-refractivity contribution in [3.05, 3.63) is 46.8 Å². The van der Waals surface area contributed by atoms with Crippen LogP contribution < -0.4 is 5.32 Å². The van der Waals surface area contributed by atoms with Crippen LogP contribution >= 0.6 is 0 Å². The number of ether oxygens (including phenoxy) is 1. The minimum absolute atomic E-state index is 0. The number of benzene rings is 1. The molecule has 2 aromatic rings. The zero-order valence-electron chi connectivity index (χ0n) is 14.7. The molecular formula is C19H28N4O. The first-order valence-electron chi connectivity index (χ1n) is 8.98.